The van der Waals surface area contributed by atoms with Crippen molar-refractivity contribution in [3.63, 3.8) is 0 Å². The number of hydrazone groups is 1. The van der Waals surface area contributed by atoms with Gasteiger partial charge in [0.05, 0.1) is 6.04 Å². The van der Waals surface area contributed by atoms with Crippen LogP contribution in [0.1, 0.15) is 5.56 Å². The van der Waals surface area contributed by atoms with E-state index in [9.17, 15) is 0 Å². The fourth-order valence-electron chi connectivity index (χ4n) is 1.43. The molecule has 0 aromatic heterocycles. The molecule has 0 aliphatic rings. The highest BCUT2D eigenvalue weighted by Crippen LogP contribution is 2.05. The first-order valence-electron chi connectivity index (χ1n) is 5.51. The first-order chi connectivity index (χ1) is 7.59. The maximum atomic E-state index is 4.31. The van der Waals surface area contributed by atoms with Crippen molar-refractivity contribution in [3.05, 3.63) is 35.9 Å². The van der Waals surface area contributed by atoms with Gasteiger partial charge in [0.15, 0.2) is 0 Å². The summed E-state index contributed by atoms with van der Waals surface area (Å²) >= 11 is 0. The Bertz CT molecular complexity index is 317. The first kappa shape index (κ1) is 12.7. The standard InChI is InChI=1S/C13H21N3/c1-15(2)13(11-14-16(3)4)10-12-8-6-5-7-9-12/h5-9,11,13H,10H2,1-4H3. The largest absolute Gasteiger partial charge is 0.303 e. The van der Waals surface area contributed by atoms with Crippen molar-refractivity contribution in [2.45, 2.75) is 12.5 Å². The zero-order valence-corrected chi connectivity index (χ0v) is 10.6. The van der Waals surface area contributed by atoms with Crippen LogP contribution in [0.2, 0.25) is 0 Å². The van der Waals surface area contributed by atoms with E-state index >= 15 is 0 Å². The van der Waals surface area contributed by atoms with Crippen LogP contribution in [-0.4, -0.2) is 50.4 Å². The molecule has 1 atom stereocenters. The van der Waals surface area contributed by atoms with Crippen LogP contribution in [0, 0.1) is 0 Å². The summed E-state index contributed by atoms with van der Waals surface area (Å²) in [6.07, 6.45) is 2.98. The summed E-state index contributed by atoms with van der Waals surface area (Å²) in [6.45, 7) is 0. The third kappa shape index (κ3) is 4.45. The first-order valence-corrected chi connectivity index (χ1v) is 5.51. The molecular formula is C13H21N3. The zero-order chi connectivity index (χ0) is 12.0. The molecule has 0 amide bonds. The van der Waals surface area contributed by atoms with Gasteiger partial charge in [-0.15, -0.1) is 0 Å². The lowest BCUT2D eigenvalue weighted by molar-refractivity contribution is 0.356. The minimum Gasteiger partial charge on any atom is -0.303 e. The minimum absolute atomic E-state index is 0.338. The molecule has 0 aliphatic carbocycles. The molecule has 1 aromatic rings. The van der Waals surface area contributed by atoms with Gasteiger partial charge in [0.2, 0.25) is 0 Å². The van der Waals surface area contributed by atoms with Gasteiger partial charge in [-0.1, -0.05) is 30.3 Å². The highest BCUT2D eigenvalue weighted by atomic mass is 15.4. The molecule has 0 saturated heterocycles. The number of hydrogen-bond acceptors (Lipinski definition) is 3. The second-order valence-electron chi connectivity index (χ2n) is 4.33. The number of benzene rings is 1. The van der Waals surface area contributed by atoms with E-state index < -0.39 is 0 Å². The van der Waals surface area contributed by atoms with Crippen LogP contribution in [0.5, 0.6) is 0 Å². The fourth-order valence-corrected chi connectivity index (χ4v) is 1.43. The molecule has 1 aromatic carbocycles. The van der Waals surface area contributed by atoms with Crippen molar-refractivity contribution in [3.8, 4) is 0 Å². The third-order valence-corrected chi connectivity index (χ3v) is 2.42. The molecule has 0 saturated carbocycles. The van der Waals surface area contributed by atoms with Crippen molar-refractivity contribution >= 4 is 6.21 Å². The summed E-state index contributed by atoms with van der Waals surface area (Å²) in [6, 6.07) is 10.8. The molecular weight excluding hydrogens is 198 g/mol. The van der Waals surface area contributed by atoms with Gasteiger partial charge in [0.25, 0.3) is 0 Å². The number of likely N-dealkylation sites (N-methyl/N-ethyl adjacent to an activating group) is 1. The Morgan fingerprint density at radius 2 is 1.75 bits per heavy atom. The number of nitrogens with zero attached hydrogens (tertiary/aromatic N) is 3. The maximum absolute atomic E-state index is 4.31. The molecule has 3 nitrogen and oxygen atoms in total. The molecule has 0 heterocycles. The second-order valence-corrected chi connectivity index (χ2v) is 4.33. The molecule has 0 radical (unpaired) electrons. The van der Waals surface area contributed by atoms with E-state index in [1.54, 1.807) is 0 Å². The van der Waals surface area contributed by atoms with Crippen molar-refractivity contribution in [1.82, 2.24) is 9.91 Å². The van der Waals surface area contributed by atoms with Gasteiger partial charge >= 0.3 is 0 Å². The van der Waals surface area contributed by atoms with Gasteiger partial charge in [-0.05, 0) is 26.1 Å². The van der Waals surface area contributed by atoms with Crippen LogP contribution in [-0.2, 0) is 6.42 Å². The zero-order valence-electron chi connectivity index (χ0n) is 10.6. The molecule has 16 heavy (non-hydrogen) atoms. The second kappa shape index (κ2) is 6.28. The van der Waals surface area contributed by atoms with Gasteiger partial charge in [-0.25, -0.2) is 0 Å². The Morgan fingerprint density at radius 3 is 2.25 bits per heavy atom. The lowest BCUT2D eigenvalue weighted by Gasteiger charge is -2.20. The monoisotopic (exact) mass is 219 g/mol. The van der Waals surface area contributed by atoms with Gasteiger partial charge < -0.3 is 9.91 Å². The number of hydrogen-bond donors (Lipinski definition) is 0. The highest BCUT2D eigenvalue weighted by Gasteiger charge is 2.09. The Kier molecular flexibility index (Phi) is 4.99. The smallest absolute Gasteiger partial charge is 0.0503 e. The van der Waals surface area contributed by atoms with E-state index in [2.05, 4.69) is 48.4 Å². The predicted octanol–water partition coefficient (Wildman–Crippen LogP) is 1.71. The molecule has 3 heteroatoms. The Balaban J connectivity index is 2.65. The highest BCUT2D eigenvalue weighted by molar-refractivity contribution is 5.64. The van der Waals surface area contributed by atoms with Gasteiger partial charge in [0.1, 0.15) is 0 Å². The molecule has 0 bridgehead atoms. The van der Waals surface area contributed by atoms with Crippen LogP contribution in [0.25, 0.3) is 0 Å². The van der Waals surface area contributed by atoms with Crippen LogP contribution < -0.4 is 0 Å². The van der Waals surface area contributed by atoms with Crippen molar-refractivity contribution in [2.75, 3.05) is 28.2 Å². The van der Waals surface area contributed by atoms with Crippen molar-refractivity contribution in [2.24, 2.45) is 5.10 Å². The third-order valence-electron chi connectivity index (χ3n) is 2.42. The van der Waals surface area contributed by atoms with Crippen LogP contribution in [0.15, 0.2) is 35.4 Å². The minimum atomic E-state index is 0.338. The van der Waals surface area contributed by atoms with E-state index in [1.807, 2.05) is 31.4 Å². The normalized spacial score (nSPS) is 13.3. The summed E-state index contributed by atoms with van der Waals surface area (Å²) < 4.78 is 0. The quantitative estimate of drug-likeness (QED) is 0.554. The lowest BCUT2D eigenvalue weighted by atomic mass is 10.1. The Morgan fingerprint density at radius 1 is 1.12 bits per heavy atom. The van der Waals surface area contributed by atoms with Crippen LogP contribution in [0.3, 0.4) is 0 Å². The van der Waals surface area contributed by atoms with Gasteiger partial charge in [-0.2, -0.15) is 5.10 Å². The maximum Gasteiger partial charge on any atom is 0.0503 e. The molecule has 0 aliphatic heterocycles. The fraction of sp³-hybridized carbons (Fsp3) is 0.462. The van der Waals surface area contributed by atoms with Crippen LogP contribution in [0.4, 0.5) is 0 Å². The van der Waals surface area contributed by atoms with Gasteiger partial charge in [-0.3, -0.25) is 0 Å². The molecule has 0 spiro atoms. The van der Waals surface area contributed by atoms with Crippen molar-refractivity contribution in [1.29, 1.82) is 0 Å². The van der Waals surface area contributed by atoms with E-state index in [-0.39, 0.29) is 0 Å². The topological polar surface area (TPSA) is 18.8 Å². The summed E-state index contributed by atoms with van der Waals surface area (Å²) in [7, 11) is 8.03. The summed E-state index contributed by atoms with van der Waals surface area (Å²) in [5.41, 5.74) is 1.34. The average Bonchev–Trinajstić information content (AvgIpc) is 2.25. The van der Waals surface area contributed by atoms with Crippen LogP contribution >= 0.6 is 0 Å². The molecule has 88 valence electrons. The lowest BCUT2D eigenvalue weighted by Crippen LogP contribution is -2.32. The van der Waals surface area contributed by atoms with Gasteiger partial charge in [0, 0.05) is 20.3 Å². The molecule has 1 rings (SSSR count). The summed E-state index contributed by atoms with van der Waals surface area (Å²) in [5.74, 6) is 0. The van der Waals surface area contributed by atoms with E-state index in [1.165, 1.54) is 5.56 Å². The Labute approximate surface area is 98.4 Å². The Hall–Kier alpha value is -1.35. The SMILES string of the molecule is CN(C)N=CC(Cc1ccccc1)N(C)C. The van der Waals surface area contributed by atoms with E-state index in [0.29, 0.717) is 6.04 Å². The molecule has 0 fully saturated rings. The molecule has 0 N–H and O–H groups in total. The van der Waals surface area contributed by atoms with E-state index in [0.717, 1.165) is 6.42 Å². The summed E-state index contributed by atoms with van der Waals surface area (Å²) in [4.78, 5) is 2.18. The predicted molar refractivity (Wildman–Crippen MR) is 69.8 cm³/mol. The van der Waals surface area contributed by atoms with E-state index in [4.69, 9.17) is 0 Å². The summed E-state index contributed by atoms with van der Waals surface area (Å²) in [5, 5.41) is 6.13. The number of rotatable bonds is 5. The average molecular weight is 219 g/mol. The van der Waals surface area contributed by atoms with Crippen molar-refractivity contribution < 1.29 is 0 Å². The molecule has 1 unspecified atom stereocenters.